The molecule has 0 N–H and O–H groups in total. The third-order valence-electron chi connectivity index (χ3n) is 0.472. The van der Waals surface area contributed by atoms with Crippen LogP contribution in [0.3, 0.4) is 0 Å². The molecule has 0 aliphatic carbocycles. The minimum absolute atomic E-state index is 0.653. The van der Waals surface area contributed by atoms with Gasteiger partial charge in [-0.3, -0.25) is 4.57 Å². The van der Waals surface area contributed by atoms with E-state index in [1.807, 2.05) is 0 Å². The van der Waals surface area contributed by atoms with Crippen LogP contribution in [0.15, 0.2) is 0 Å². The quantitative estimate of drug-likeness (QED) is 0.455. The van der Waals surface area contributed by atoms with Crippen LogP contribution < -0.4 is 0 Å². The molecule has 0 bridgehead atoms. The highest BCUT2D eigenvalue weighted by molar-refractivity contribution is 7.86. The number of hydrogen-bond acceptors (Lipinski definition) is 5. The van der Waals surface area contributed by atoms with Crippen LogP contribution >= 0.6 is 8.46 Å². The van der Waals surface area contributed by atoms with Gasteiger partial charge in [-0.25, -0.2) is 4.18 Å². The lowest BCUT2D eigenvalue weighted by Crippen LogP contribution is -2.09. The van der Waals surface area contributed by atoms with Crippen LogP contribution in [0.25, 0.3) is 0 Å². The standard InChI is InChI=1S/C3H4NO4PS/c1-10(6,7)8-3(2-4)9-5/h3H,1H3. The van der Waals surface area contributed by atoms with E-state index in [0.29, 0.717) is 0 Å². The highest BCUT2D eigenvalue weighted by Gasteiger charge is 2.13. The first-order chi connectivity index (χ1) is 4.49. The van der Waals surface area contributed by atoms with Crippen molar-refractivity contribution in [1.29, 1.82) is 5.26 Å². The number of rotatable bonds is 3. The lowest BCUT2D eigenvalue weighted by atomic mass is 10.8. The predicted molar refractivity (Wildman–Crippen MR) is 32.9 cm³/mol. The fourth-order valence-corrected chi connectivity index (χ4v) is 1.26. The van der Waals surface area contributed by atoms with Gasteiger partial charge in [-0.05, 0) is 0 Å². The Labute approximate surface area is 59.9 Å². The lowest BCUT2D eigenvalue weighted by Gasteiger charge is -1.96. The van der Waals surface area contributed by atoms with E-state index in [1.54, 1.807) is 0 Å². The predicted octanol–water partition coefficient (Wildman–Crippen LogP) is 0.104. The van der Waals surface area contributed by atoms with Crippen molar-refractivity contribution in [3.63, 3.8) is 0 Å². The van der Waals surface area contributed by atoms with Gasteiger partial charge in [0.1, 0.15) is 6.07 Å². The second-order valence-corrected chi connectivity index (χ2v) is 3.67. The van der Waals surface area contributed by atoms with Crippen LogP contribution in [0, 0.1) is 11.3 Å². The van der Waals surface area contributed by atoms with Gasteiger partial charge < -0.3 is 0 Å². The first kappa shape index (κ1) is 9.50. The molecule has 0 radical (unpaired) electrons. The van der Waals surface area contributed by atoms with E-state index in [4.69, 9.17) is 5.26 Å². The summed E-state index contributed by atoms with van der Waals surface area (Å²) in [5.41, 5.74) is 0. The van der Waals surface area contributed by atoms with E-state index in [2.05, 4.69) is 4.18 Å². The van der Waals surface area contributed by atoms with Gasteiger partial charge in [0, 0.05) is 0 Å². The maximum absolute atomic E-state index is 10.2. The molecule has 0 aromatic rings. The highest BCUT2D eigenvalue weighted by atomic mass is 32.2. The summed E-state index contributed by atoms with van der Waals surface area (Å²) < 4.78 is 34.4. The molecule has 0 amide bonds. The maximum atomic E-state index is 10.2. The van der Waals surface area contributed by atoms with Crippen LogP contribution in [0.1, 0.15) is 0 Å². The van der Waals surface area contributed by atoms with Gasteiger partial charge in [-0.2, -0.15) is 13.7 Å². The van der Waals surface area contributed by atoms with Gasteiger partial charge >= 0.3 is 0 Å². The van der Waals surface area contributed by atoms with Gasteiger partial charge in [0.05, 0.1) is 6.26 Å². The summed E-state index contributed by atoms with van der Waals surface area (Å²) in [6.45, 7) is 0. The van der Waals surface area contributed by atoms with Crippen LogP contribution in [-0.4, -0.2) is 20.5 Å². The van der Waals surface area contributed by atoms with Gasteiger partial charge in [0.25, 0.3) is 10.1 Å². The molecular formula is C3H4NO4PS. The summed E-state index contributed by atoms with van der Waals surface area (Å²) >= 11 is 0. The van der Waals surface area contributed by atoms with Gasteiger partial charge in [0.2, 0.25) is 14.3 Å². The van der Waals surface area contributed by atoms with E-state index in [-0.39, 0.29) is 0 Å². The highest BCUT2D eigenvalue weighted by Crippen LogP contribution is 2.08. The molecule has 7 heteroatoms. The number of hydrogen-bond donors (Lipinski definition) is 0. The molecule has 0 aliphatic rings. The van der Waals surface area contributed by atoms with Crippen molar-refractivity contribution in [3.8, 4) is 6.07 Å². The van der Waals surface area contributed by atoms with E-state index in [0.717, 1.165) is 6.26 Å². The van der Waals surface area contributed by atoms with E-state index in [1.165, 1.54) is 6.07 Å². The Hall–Kier alpha value is -0.500. The molecule has 0 aliphatic heterocycles. The van der Waals surface area contributed by atoms with Crippen LogP contribution in [0.5, 0.6) is 0 Å². The maximum Gasteiger partial charge on any atom is 0.266 e. The normalized spacial score (nSPS) is 14.4. The second-order valence-electron chi connectivity index (χ2n) is 1.39. The smallest absolute Gasteiger partial charge is 0.266 e. The summed E-state index contributed by atoms with van der Waals surface area (Å²) in [5, 5.41) is 8.04. The topological polar surface area (TPSA) is 84.2 Å². The molecule has 0 heterocycles. The third-order valence-corrected chi connectivity index (χ3v) is 1.57. The largest absolute Gasteiger partial charge is 0.271 e. The first-order valence-electron chi connectivity index (χ1n) is 2.10. The average molecular weight is 181 g/mol. The summed E-state index contributed by atoms with van der Waals surface area (Å²) in [7, 11) is -4.33. The molecular weight excluding hydrogens is 177 g/mol. The molecule has 0 aromatic carbocycles. The van der Waals surface area contributed by atoms with E-state index >= 15 is 0 Å². The summed E-state index contributed by atoms with van der Waals surface area (Å²) in [4.78, 5) is 0. The Morgan fingerprint density at radius 3 is 2.30 bits per heavy atom. The van der Waals surface area contributed by atoms with Crippen LogP contribution in [-0.2, 0) is 18.9 Å². The van der Waals surface area contributed by atoms with E-state index in [9.17, 15) is 13.0 Å². The molecule has 10 heavy (non-hydrogen) atoms. The minimum atomic E-state index is -3.68. The summed E-state index contributed by atoms with van der Waals surface area (Å²) in [5.74, 6) is -1.42. The lowest BCUT2D eigenvalue weighted by molar-refractivity contribution is 0.333. The van der Waals surface area contributed by atoms with Crippen LogP contribution in [0.2, 0.25) is 0 Å². The van der Waals surface area contributed by atoms with Gasteiger partial charge in [-0.1, -0.05) is 0 Å². The van der Waals surface area contributed by atoms with Gasteiger partial charge in [-0.15, -0.1) is 0 Å². The van der Waals surface area contributed by atoms with Gasteiger partial charge in [0.15, 0.2) is 0 Å². The number of nitrogens with zero attached hydrogens (tertiary/aromatic N) is 1. The van der Waals surface area contributed by atoms with E-state index < -0.39 is 24.4 Å². The molecule has 0 rings (SSSR count). The fourth-order valence-electron chi connectivity index (χ4n) is 0.228. The Kier molecular flexibility index (Phi) is 3.43. The molecule has 0 fully saturated rings. The van der Waals surface area contributed by atoms with Crippen molar-refractivity contribution in [2.45, 2.75) is 5.85 Å². The van der Waals surface area contributed by atoms with Crippen molar-refractivity contribution >= 4 is 18.6 Å². The average Bonchev–Trinajstić information content (AvgIpc) is 1.81. The van der Waals surface area contributed by atoms with Crippen molar-refractivity contribution in [3.05, 3.63) is 0 Å². The minimum Gasteiger partial charge on any atom is -0.271 e. The molecule has 0 saturated heterocycles. The zero-order chi connectivity index (χ0) is 8.20. The third kappa shape index (κ3) is 4.39. The SMILES string of the molecule is CS(=O)(=O)OC(C#N)P=O. The van der Waals surface area contributed by atoms with Crippen molar-refractivity contribution in [2.24, 2.45) is 0 Å². The Morgan fingerprint density at radius 2 is 2.20 bits per heavy atom. The molecule has 1 atom stereocenters. The van der Waals surface area contributed by atoms with Crippen molar-refractivity contribution < 1.29 is 17.2 Å². The monoisotopic (exact) mass is 181 g/mol. The fraction of sp³-hybridized carbons (Fsp3) is 0.667. The zero-order valence-corrected chi connectivity index (χ0v) is 6.72. The van der Waals surface area contributed by atoms with Crippen molar-refractivity contribution in [2.75, 3.05) is 6.26 Å². The Morgan fingerprint density at radius 1 is 1.70 bits per heavy atom. The Bertz CT molecular complexity index is 252. The first-order valence-corrected chi connectivity index (χ1v) is 4.80. The molecule has 0 spiro atoms. The molecule has 0 saturated carbocycles. The Balaban J connectivity index is 4.17. The molecule has 56 valence electrons. The summed E-state index contributed by atoms with van der Waals surface area (Å²) in [6, 6.07) is 1.38. The summed E-state index contributed by atoms with van der Waals surface area (Å²) in [6.07, 6.45) is 0.780. The van der Waals surface area contributed by atoms with Crippen LogP contribution in [0.4, 0.5) is 0 Å². The zero-order valence-electron chi connectivity index (χ0n) is 5.01. The molecule has 5 nitrogen and oxygen atoms in total. The second kappa shape index (κ2) is 3.62. The van der Waals surface area contributed by atoms with Crippen molar-refractivity contribution in [1.82, 2.24) is 0 Å². The molecule has 1 unspecified atom stereocenters. The number of nitriles is 1. The molecule has 0 aromatic heterocycles.